The number of fused-ring (bicyclic) bond motifs is 3. The Balaban J connectivity index is 1.42. The number of carboxylic acids is 2. The first kappa shape index (κ1) is 28.9. The van der Waals surface area contributed by atoms with Gasteiger partial charge in [-0.15, -0.1) is 0 Å². The minimum Gasteiger partial charge on any atom is -0.493 e. The minimum atomic E-state index is -1.97. The van der Waals surface area contributed by atoms with E-state index in [1.54, 1.807) is 41.0 Å². The van der Waals surface area contributed by atoms with E-state index >= 15 is 0 Å². The molecular weight excluding hydrogens is 534 g/mol. The van der Waals surface area contributed by atoms with Crippen molar-refractivity contribution < 1.29 is 34.1 Å². The highest BCUT2D eigenvalue weighted by molar-refractivity contribution is 6.06. The smallest absolute Gasteiger partial charge is 0.321 e. The van der Waals surface area contributed by atoms with Crippen LogP contribution < -0.4 is 9.47 Å². The number of aromatic nitrogens is 1. The molecule has 0 saturated carbocycles. The molecule has 1 aliphatic rings. The van der Waals surface area contributed by atoms with Gasteiger partial charge in [0.15, 0.2) is 16.9 Å². The lowest BCUT2D eigenvalue weighted by atomic mass is 9.72. The van der Waals surface area contributed by atoms with Crippen molar-refractivity contribution in [3.63, 3.8) is 0 Å². The van der Waals surface area contributed by atoms with Crippen LogP contribution in [0.1, 0.15) is 59.3 Å². The van der Waals surface area contributed by atoms with E-state index in [1.807, 2.05) is 12.1 Å². The van der Waals surface area contributed by atoms with E-state index in [9.17, 15) is 24.6 Å². The number of methoxy groups -OCH3 is 1. The van der Waals surface area contributed by atoms with Gasteiger partial charge in [0.25, 0.3) is 5.91 Å². The largest absolute Gasteiger partial charge is 0.493 e. The van der Waals surface area contributed by atoms with Gasteiger partial charge in [-0.1, -0.05) is 61.4 Å². The van der Waals surface area contributed by atoms with Crippen LogP contribution in [0.15, 0.2) is 72.8 Å². The summed E-state index contributed by atoms with van der Waals surface area (Å²) < 4.78 is 13.4. The lowest BCUT2D eigenvalue weighted by Crippen LogP contribution is -2.44. The molecule has 42 heavy (non-hydrogen) atoms. The Morgan fingerprint density at radius 2 is 1.52 bits per heavy atom. The van der Waals surface area contributed by atoms with Gasteiger partial charge < -0.3 is 19.7 Å². The fourth-order valence-corrected chi connectivity index (χ4v) is 5.88. The number of benzene rings is 3. The molecular formula is C34H35NO7. The molecule has 5 rings (SSSR count). The Kier molecular flexibility index (Phi) is 8.61. The lowest BCUT2D eigenvalue weighted by Gasteiger charge is -2.29. The van der Waals surface area contributed by atoms with Gasteiger partial charge in [-0.05, 0) is 61.4 Å². The molecule has 8 heteroatoms. The van der Waals surface area contributed by atoms with Crippen molar-refractivity contribution in [1.82, 2.24) is 4.57 Å². The molecule has 0 bridgehead atoms. The highest BCUT2D eigenvalue weighted by atomic mass is 16.5. The third kappa shape index (κ3) is 5.62. The Labute approximate surface area is 244 Å². The standard InChI is InChI=1S/C34H35NO7/c1-41-29-21-28-25(20-30(29)42-19-11-3-2-6-12-23-13-7-4-8-14-23)26-22-34(32(37)38,33(39)40)18-17-27(26)35(28)31(36)24-15-9-5-10-16-24/h4-5,7-10,13-16,20-21H,2-3,6,11-12,17-19,22H2,1H3,(H,37,38)(H,39,40). The van der Waals surface area contributed by atoms with Crippen LogP contribution in [-0.2, 0) is 28.9 Å². The second kappa shape index (κ2) is 12.5. The average molecular weight is 570 g/mol. The van der Waals surface area contributed by atoms with Crippen LogP contribution in [-0.4, -0.2) is 46.3 Å². The summed E-state index contributed by atoms with van der Waals surface area (Å²) in [7, 11) is 1.53. The maximum atomic E-state index is 13.8. The van der Waals surface area contributed by atoms with E-state index in [0.717, 1.165) is 32.1 Å². The summed E-state index contributed by atoms with van der Waals surface area (Å²) in [6.07, 6.45) is 4.87. The zero-order chi connectivity index (χ0) is 29.7. The van der Waals surface area contributed by atoms with Gasteiger partial charge in [-0.25, -0.2) is 0 Å². The predicted octanol–water partition coefficient (Wildman–Crippen LogP) is 6.16. The number of nitrogens with zero attached hydrogens (tertiary/aromatic N) is 1. The van der Waals surface area contributed by atoms with Gasteiger partial charge in [0, 0.05) is 29.1 Å². The Hall–Kier alpha value is -4.59. The number of hydrogen-bond acceptors (Lipinski definition) is 5. The molecule has 0 saturated heterocycles. The van der Waals surface area contributed by atoms with Crippen LogP contribution in [0.4, 0.5) is 0 Å². The molecule has 1 aromatic heterocycles. The van der Waals surface area contributed by atoms with Crippen LogP contribution in [0.25, 0.3) is 10.9 Å². The summed E-state index contributed by atoms with van der Waals surface area (Å²) in [5.74, 6) is -2.11. The van der Waals surface area contributed by atoms with E-state index in [-0.39, 0.29) is 25.2 Å². The van der Waals surface area contributed by atoms with E-state index in [1.165, 1.54) is 12.7 Å². The van der Waals surface area contributed by atoms with Crippen molar-refractivity contribution >= 4 is 28.7 Å². The molecule has 8 nitrogen and oxygen atoms in total. The van der Waals surface area contributed by atoms with Gasteiger partial charge in [0.1, 0.15) is 0 Å². The summed E-state index contributed by atoms with van der Waals surface area (Å²) in [5, 5.41) is 20.5. The van der Waals surface area contributed by atoms with E-state index in [4.69, 9.17) is 9.47 Å². The molecule has 0 aliphatic heterocycles. The molecule has 0 atom stereocenters. The highest BCUT2D eigenvalue weighted by Crippen LogP contribution is 2.44. The first-order valence-electron chi connectivity index (χ1n) is 14.3. The highest BCUT2D eigenvalue weighted by Gasteiger charge is 2.50. The fraction of sp³-hybridized carbons (Fsp3) is 0.324. The number of carboxylic acid groups (broad SMARTS) is 2. The van der Waals surface area contributed by atoms with E-state index in [2.05, 4.69) is 24.3 Å². The number of hydrogen-bond donors (Lipinski definition) is 2. The Bertz CT molecular complexity index is 1580. The number of rotatable bonds is 12. The van der Waals surface area contributed by atoms with Crippen LogP contribution >= 0.6 is 0 Å². The molecule has 0 spiro atoms. The molecule has 0 fully saturated rings. The zero-order valence-corrected chi connectivity index (χ0v) is 23.7. The van der Waals surface area contributed by atoms with Gasteiger partial charge >= 0.3 is 11.9 Å². The predicted molar refractivity (Wildman–Crippen MR) is 158 cm³/mol. The average Bonchev–Trinajstić information content (AvgIpc) is 3.32. The minimum absolute atomic E-state index is 0.117. The summed E-state index contributed by atoms with van der Waals surface area (Å²) in [6, 6.07) is 22.7. The second-order valence-electron chi connectivity index (χ2n) is 10.8. The summed E-state index contributed by atoms with van der Waals surface area (Å²) in [6.45, 7) is 0.466. The van der Waals surface area contributed by atoms with Gasteiger partial charge in [-0.2, -0.15) is 0 Å². The SMILES string of the molecule is COc1cc2c(cc1OCCCCCCc1ccccc1)c1c(n2C(=O)c2ccccc2)CCC(C(=O)O)(C(=O)O)C1. The molecule has 1 aliphatic carbocycles. The van der Waals surface area contributed by atoms with Crippen LogP contribution in [0, 0.1) is 5.41 Å². The monoisotopic (exact) mass is 569 g/mol. The Morgan fingerprint density at radius 1 is 0.857 bits per heavy atom. The van der Waals surface area contributed by atoms with Gasteiger partial charge in [0.2, 0.25) is 0 Å². The summed E-state index contributed by atoms with van der Waals surface area (Å²) >= 11 is 0. The molecule has 0 amide bonds. The topological polar surface area (TPSA) is 115 Å². The molecule has 3 aromatic carbocycles. The molecule has 2 N–H and O–H groups in total. The number of unbranched alkanes of at least 4 members (excludes halogenated alkanes) is 3. The molecule has 218 valence electrons. The normalized spacial score (nSPS) is 13.8. The van der Waals surface area contributed by atoms with Crippen molar-refractivity contribution in [3.05, 3.63) is 95.2 Å². The van der Waals surface area contributed by atoms with Crippen LogP contribution in [0.2, 0.25) is 0 Å². The fourth-order valence-electron chi connectivity index (χ4n) is 5.88. The first-order chi connectivity index (χ1) is 20.4. The third-order valence-corrected chi connectivity index (χ3v) is 8.24. The molecule has 1 heterocycles. The third-order valence-electron chi connectivity index (χ3n) is 8.24. The maximum Gasteiger partial charge on any atom is 0.321 e. The zero-order valence-electron chi connectivity index (χ0n) is 23.7. The lowest BCUT2D eigenvalue weighted by molar-refractivity contribution is -0.165. The molecule has 4 aromatic rings. The summed E-state index contributed by atoms with van der Waals surface area (Å²) in [5.41, 5.74) is 1.53. The second-order valence-corrected chi connectivity index (χ2v) is 10.8. The number of ether oxygens (including phenoxy) is 2. The first-order valence-corrected chi connectivity index (χ1v) is 14.3. The quantitative estimate of drug-likeness (QED) is 0.155. The molecule has 0 radical (unpaired) electrons. The number of carbonyl (C=O) groups is 3. The van der Waals surface area contributed by atoms with Crippen molar-refractivity contribution in [2.45, 2.75) is 51.4 Å². The van der Waals surface area contributed by atoms with Crippen molar-refractivity contribution in [1.29, 1.82) is 0 Å². The van der Waals surface area contributed by atoms with Crippen molar-refractivity contribution in [2.75, 3.05) is 13.7 Å². The maximum absolute atomic E-state index is 13.8. The van der Waals surface area contributed by atoms with Crippen LogP contribution in [0.5, 0.6) is 11.5 Å². The van der Waals surface area contributed by atoms with Crippen molar-refractivity contribution in [3.8, 4) is 11.5 Å². The number of aliphatic carboxylic acids is 2. The van der Waals surface area contributed by atoms with E-state index in [0.29, 0.717) is 45.8 Å². The summed E-state index contributed by atoms with van der Waals surface area (Å²) in [4.78, 5) is 38.2. The molecule has 0 unspecified atom stereocenters. The number of aryl methyl sites for hydroxylation is 1. The Morgan fingerprint density at radius 3 is 2.19 bits per heavy atom. The van der Waals surface area contributed by atoms with Gasteiger partial charge in [0.05, 0.1) is 19.2 Å². The van der Waals surface area contributed by atoms with Crippen molar-refractivity contribution in [2.24, 2.45) is 5.41 Å². The number of carbonyl (C=O) groups excluding carboxylic acids is 1. The van der Waals surface area contributed by atoms with Crippen LogP contribution in [0.3, 0.4) is 0 Å². The van der Waals surface area contributed by atoms with Gasteiger partial charge in [-0.3, -0.25) is 19.0 Å². The van der Waals surface area contributed by atoms with E-state index < -0.39 is 17.4 Å².